The largest absolute Gasteiger partial charge is 0.399 e. The number of rotatable bonds is 3. The summed E-state index contributed by atoms with van der Waals surface area (Å²) in [5, 5.41) is 11.9. The summed E-state index contributed by atoms with van der Waals surface area (Å²) in [6.45, 7) is 3.70. The third kappa shape index (κ3) is 3.03. The highest BCUT2D eigenvalue weighted by Crippen LogP contribution is 2.26. The second-order valence-electron chi connectivity index (χ2n) is 5.36. The van der Waals surface area contributed by atoms with E-state index in [1.165, 1.54) is 0 Å². The van der Waals surface area contributed by atoms with Crippen molar-refractivity contribution < 1.29 is 4.79 Å². The van der Waals surface area contributed by atoms with Crippen molar-refractivity contribution in [2.45, 2.75) is 19.3 Å². The second kappa shape index (κ2) is 5.68. The normalized spacial score (nSPS) is 10.7. The first-order chi connectivity index (χ1) is 9.95. The zero-order valence-electron chi connectivity index (χ0n) is 12.1. The topological polar surface area (TPSA) is 78.9 Å². The molecule has 0 saturated heterocycles. The van der Waals surface area contributed by atoms with Crippen LogP contribution in [-0.4, -0.2) is 5.91 Å². The Labute approximate surface area is 124 Å². The smallest absolute Gasteiger partial charge is 0.234 e. The van der Waals surface area contributed by atoms with E-state index in [1.807, 2.05) is 50.2 Å². The van der Waals surface area contributed by atoms with Gasteiger partial charge in [-0.1, -0.05) is 30.3 Å². The molecule has 0 atom stereocenters. The minimum absolute atomic E-state index is 0.171. The van der Waals surface area contributed by atoms with Crippen LogP contribution in [0.15, 0.2) is 48.5 Å². The van der Waals surface area contributed by atoms with E-state index in [0.717, 1.165) is 5.56 Å². The zero-order chi connectivity index (χ0) is 15.5. The Morgan fingerprint density at radius 1 is 1.19 bits per heavy atom. The Morgan fingerprint density at radius 3 is 2.48 bits per heavy atom. The molecule has 106 valence electrons. The van der Waals surface area contributed by atoms with Gasteiger partial charge in [-0.25, -0.2) is 0 Å². The van der Waals surface area contributed by atoms with Gasteiger partial charge in [0.25, 0.3) is 0 Å². The summed E-state index contributed by atoms with van der Waals surface area (Å²) in [5.41, 5.74) is 7.18. The van der Waals surface area contributed by atoms with E-state index in [2.05, 4.69) is 5.32 Å². The molecule has 1 amide bonds. The van der Waals surface area contributed by atoms with Crippen LogP contribution in [0.3, 0.4) is 0 Å². The van der Waals surface area contributed by atoms with Crippen LogP contribution in [0.4, 0.5) is 11.4 Å². The van der Waals surface area contributed by atoms with E-state index >= 15 is 0 Å². The van der Waals surface area contributed by atoms with Crippen molar-refractivity contribution in [1.82, 2.24) is 0 Å². The summed E-state index contributed by atoms with van der Waals surface area (Å²) < 4.78 is 0. The van der Waals surface area contributed by atoms with Gasteiger partial charge in [0.1, 0.15) is 6.07 Å². The van der Waals surface area contributed by atoms with Crippen molar-refractivity contribution in [3.05, 3.63) is 59.7 Å². The molecule has 0 fully saturated rings. The average Bonchev–Trinajstić information content (AvgIpc) is 2.49. The third-order valence-corrected chi connectivity index (χ3v) is 3.48. The second-order valence-corrected chi connectivity index (χ2v) is 5.36. The summed E-state index contributed by atoms with van der Waals surface area (Å²) in [6.07, 6.45) is 0. The summed E-state index contributed by atoms with van der Waals surface area (Å²) >= 11 is 0. The van der Waals surface area contributed by atoms with Crippen LogP contribution in [0.1, 0.15) is 25.0 Å². The molecule has 4 nitrogen and oxygen atoms in total. The average molecular weight is 279 g/mol. The Bertz CT molecular complexity index is 700. The van der Waals surface area contributed by atoms with Gasteiger partial charge < -0.3 is 11.1 Å². The van der Waals surface area contributed by atoms with Gasteiger partial charge in [-0.05, 0) is 37.6 Å². The van der Waals surface area contributed by atoms with Gasteiger partial charge in [-0.3, -0.25) is 4.79 Å². The minimum Gasteiger partial charge on any atom is -0.399 e. The third-order valence-electron chi connectivity index (χ3n) is 3.48. The molecular formula is C17H17N3O. The van der Waals surface area contributed by atoms with E-state index in [0.29, 0.717) is 16.9 Å². The van der Waals surface area contributed by atoms with Crippen LogP contribution in [0.2, 0.25) is 0 Å². The fourth-order valence-electron chi connectivity index (χ4n) is 2.03. The Morgan fingerprint density at radius 2 is 1.86 bits per heavy atom. The van der Waals surface area contributed by atoms with E-state index in [1.54, 1.807) is 18.2 Å². The van der Waals surface area contributed by atoms with Crippen molar-refractivity contribution in [2.75, 3.05) is 11.1 Å². The number of anilines is 2. The summed E-state index contributed by atoms with van der Waals surface area (Å²) in [6, 6.07) is 16.4. The molecule has 0 aliphatic rings. The van der Waals surface area contributed by atoms with Crippen LogP contribution in [0, 0.1) is 11.3 Å². The highest BCUT2D eigenvalue weighted by Gasteiger charge is 2.30. The van der Waals surface area contributed by atoms with Gasteiger partial charge in [-0.15, -0.1) is 0 Å². The quantitative estimate of drug-likeness (QED) is 0.847. The minimum atomic E-state index is -0.699. The van der Waals surface area contributed by atoms with Gasteiger partial charge in [0.05, 0.1) is 16.7 Å². The van der Waals surface area contributed by atoms with E-state index in [-0.39, 0.29) is 5.91 Å². The van der Waals surface area contributed by atoms with E-state index in [9.17, 15) is 4.79 Å². The molecule has 0 aromatic heterocycles. The number of amides is 1. The number of carbonyl (C=O) groups excluding carboxylic acids is 1. The lowest BCUT2D eigenvalue weighted by Crippen LogP contribution is -2.34. The Kier molecular flexibility index (Phi) is 3.95. The van der Waals surface area contributed by atoms with Crippen molar-refractivity contribution >= 4 is 17.3 Å². The predicted octanol–water partition coefficient (Wildman–Crippen LogP) is 3.06. The van der Waals surface area contributed by atoms with Gasteiger partial charge in [0.15, 0.2) is 0 Å². The molecule has 2 rings (SSSR count). The molecule has 0 saturated carbocycles. The molecule has 2 aromatic carbocycles. The molecule has 0 aliphatic heterocycles. The molecule has 0 spiro atoms. The highest BCUT2D eigenvalue weighted by atomic mass is 16.2. The number of hydrogen-bond acceptors (Lipinski definition) is 3. The summed E-state index contributed by atoms with van der Waals surface area (Å²) in [7, 11) is 0. The molecule has 0 radical (unpaired) electrons. The van der Waals surface area contributed by atoms with Crippen molar-refractivity contribution in [1.29, 1.82) is 5.26 Å². The van der Waals surface area contributed by atoms with Gasteiger partial charge in [0.2, 0.25) is 5.91 Å². The highest BCUT2D eigenvalue weighted by molar-refractivity contribution is 5.99. The van der Waals surface area contributed by atoms with Crippen molar-refractivity contribution in [3.8, 4) is 6.07 Å². The number of nitrogens with zero attached hydrogens (tertiary/aromatic N) is 1. The lowest BCUT2D eigenvalue weighted by molar-refractivity contribution is -0.120. The number of nitrogen functional groups attached to an aromatic ring is 1. The van der Waals surface area contributed by atoms with Gasteiger partial charge >= 0.3 is 0 Å². The lowest BCUT2D eigenvalue weighted by Gasteiger charge is -2.24. The fraction of sp³-hybridized carbons (Fsp3) is 0.176. The van der Waals surface area contributed by atoms with Crippen LogP contribution < -0.4 is 11.1 Å². The first kappa shape index (κ1) is 14.6. The zero-order valence-corrected chi connectivity index (χ0v) is 12.1. The number of nitrogens with two attached hydrogens (primary N) is 1. The maximum Gasteiger partial charge on any atom is 0.234 e. The molecule has 21 heavy (non-hydrogen) atoms. The fourth-order valence-corrected chi connectivity index (χ4v) is 2.03. The molecular weight excluding hydrogens is 262 g/mol. The molecule has 3 N–H and O–H groups in total. The predicted molar refractivity (Wildman–Crippen MR) is 83.7 cm³/mol. The molecule has 0 unspecified atom stereocenters. The maximum absolute atomic E-state index is 12.5. The van der Waals surface area contributed by atoms with Crippen molar-refractivity contribution in [3.63, 3.8) is 0 Å². The molecule has 0 aliphatic carbocycles. The maximum atomic E-state index is 12.5. The number of hydrogen-bond donors (Lipinski definition) is 2. The van der Waals surface area contributed by atoms with Gasteiger partial charge in [0, 0.05) is 5.69 Å². The number of nitriles is 1. The SMILES string of the molecule is CC(C)(C(=O)Nc1ccc(N)cc1C#N)c1ccccc1. The summed E-state index contributed by atoms with van der Waals surface area (Å²) in [5.74, 6) is -0.171. The number of carbonyl (C=O) groups is 1. The molecule has 4 heteroatoms. The standard InChI is InChI=1S/C17H17N3O/c1-17(2,13-6-4-3-5-7-13)16(21)20-15-9-8-14(19)10-12(15)11-18/h3-10H,19H2,1-2H3,(H,20,21). The van der Waals surface area contributed by atoms with Crippen LogP contribution in [-0.2, 0) is 10.2 Å². The number of benzene rings is 2. The first-order valence-electron chi connectivity index (χ1n) is 6.62. The van der Waals surface area contributed by atoms with Crippen LogP contribution >= 0.6 is 0 Å². The molecule has 0 heterocycles. The van der Waals surface area contributed by atoms with Gasteiger partial charge in [-0.2, -0.15) is 5.26 Å². The van der Waals surface area contributed by atoms with Crippen LogP contribution in [0.25, 0.3) is 0 Å². The van der Waals surface area contributed by atoms with Crippen LogP contribution in [0.5, 0.6) is 0 Å². The Hall–Kier alpha value is -2.80. The number of nitrogens with one attached hydrogen (secondary N) is 1. The molecule has 0 bridgehead atoms. The summed E-state index contributed by atoms with van der Waals surface area (Å²) in [4.78, 5) is 12.5. The molecule has 2 aromatic rings. The van der Waals surface area contributed by atoms with Crippen molar-refractivity contribution in [2.24, 2.45) is 0 Å². The first-order valence-corrected chi connectivity index (χ1v) is 6.62. The monoisotopic (exact) mass is 279 g/mol. The van der Waals surface area contributed by atoms with E-state index < -0.39 is 5.41 Å². The van der Waals surface area contributed by atoms with E-state index in [4.69, 9.17) is 11.0 Å². The Balaban J connectivity index is 2.28. The lowest BCUT2D eigenvalue weighted by atomic mass is 9.83.